The van der Waals surface area contributed by atoms with Gasteiger partial charge in [-0.05, 0) is 48.9 Å². The number of nitrogens with one attached hydrogen (secondary N) is 1. The number of fused-ring (bicyclic) bond motifs is 3. The van der Waals surface area contributed by atoms with Crippen molar-refractivity contribution in [3.05, 3.63) is 75.6 Å². The first-order valence-corrected chi connectivity index (χ1v) is 10.3. The molecule has 7 heteroatoms. The maximum absolute atomic E-state index is 12.6. The molecule has 0 radical (unpaired) electrons. The lowest BCUT2D eigenvalue weighted by Crippen LogP contribution is -2.42. The third-order valence-corrected chi connectivity index (χ3v) is 5.36. The fourth-order valence-corrected chi connectivity index (χ4v) is 3.75. The molecule has 1 amide bonds. The van der Waals surface area contributed by atoms with Crippen molar-refractivity contribution in [3.8, 4) is 5.75 Å². The number of esters is 1. The van der Waals surface area contributed by atoms with E-state index in [4.69, 9.17) is 13.9 Å². The Morgan fingerprint density at radius 3 is 2.65 bits per heavy atom. The Bertz CT molecular complexity index is 1170. The fourth-order valence-electron chi connectivity index (χ4n) is 3.75. The molecule has 2 aromatic carbocycles. The smallest absolute Gasteiger partial charge is 0.408 e. The van der Waals surface area contributed by atoms with E-state index in [-0.39, 0.29) is 18.0 Å². The van der Waals surface area contributed by atoms with Gasteiger partial charge in [0.15, 0.2) is 0 Å². The molecule has 1 aliphatic carbocycles. The molecule has 0 bridgehead atoms. The highest BCUT2D eigenvalue weighted by Crippen LogP contribution is 2.29. The van der Waals surface area contributed by atoms with Crippen LogP contribution in [0.5, 0.6) is 5.75 Å². The zero-order valence-corrected chi connectivity index (χ0v) is 17.2. The quantitative estimate of drug-likeness (QED) is 0.369. The standard InChI is InChI=1S/C24H23NO6/c1-2-20(25-24(28)29-14-15-7-4-3-5-8-15)23(27)30-16-11-12-18-17-9-6-10-19(17)22(26)31-21(18)13-16/h3-5,7-8,11-13,20H,2,6,9-10,14H2,1H3,(H,25,28)/t20-/m1/s1. The van der Waals surface area contributed by atoms with Crippen molar-refractivity contribution in [3.63, 3.8) is 0 Å². The van der Waals surface area contributed by atoms with E-state index in [1.54, 1.807) is 19.1 Å². The molecule has 31 heavy (non-hydrogen) atoms. The minimum absolute atomic E-state index is 0.103. The molecule has 0 fully saturated rings. The highest BCUT2D eigenvalue weighted by Gasteiger charge is 2.23. The molecule has 0 saturated heterocycles. The van der Waals surface area contributed by atoms with Crippen molar-refractivity contribution in [2.75, 3.05) is 0 Å². The molecule has 0 saturated carbocycles. The van der Waals surface area contributed by atoms with E-state index in [0.29, 0.717) is 12.0 Å². The number of carbonyl (C=O) groups excluding carboxylic acids is 2. The lowest BCUT2D eigenvalue weighted by Gasteiger charge is -2.16. The first-order valence-electron chi connectivity index (χ1n) is 10.3. The van der Waals surface area contributed by atoms with Crippen LogP contribution < -0.4 is 15.7 Å². The Hall–Kier alpha value is -3.61. The van der Waals surface area contributed by atoms with Gasteiger partial charge in [-0.2, -0.15) is 0 Å². The van der Waals surface area contributed by atoms with E-state index < -0.39 is 18.1 Å². The van der Waals surface area contributed by atoms with Crippen LogP contribution in [0.2, 0.25) is 0 Å². The number of hydrogen-bond donors (Lipinski definition) is 1. The normalized spacial score (nSPS) is 13.5. The maximum Gasteiger partial charge on any atom is 0.408 e. The summed E-state index contributed by atoms with van der Waals surface area (Å²) in [5.74, 6) is -0.376. The van der Waals surface area contributed by atoms with Crippen molar-refractivity contribution >= 4 is 23.0 Å². The molecule has 0 unspecified atom stereocenters. The third-order valence-electron chi connectivity index (χ3n) is 5.36. The number of ether oxygens (including phenoxy) is 2. The van der Waals surface area contributed by atoms with Gasteiger partial charge in [0.1, 0.15) is 24.0 Å². The number of amides is 1. The van der Waals surface area contributed by atoms with E-state index in [1.807, 2.05) is 30.3 Å². The van der Waals surface area contributed by atoms with Gasteiger partial charge in [0.2, 0.25) is 0 Å². The largest absolute Gasteiger partial charge is 0.445 e. The number of benzene rings is 2. The first-order chi connectivity index (χ1) is 15.0. The molecule has 0 spiro atoms. The predicted molar refractivity (Wildman–Crippen MR) is 114 cm³/mol. The zero-order chi connectivity index (χ0) is 21.8. The van der Waals surface area contributed by atoms with Crippen LogP contribution in [0.25, 0.3) is 11.0 Å². The van der Waals surface area contributed by atoms with Crippen molar-refractivity contribution in [2.24, 2.45) is 0 Å². The van der Waals surface area contributed by atoms with Crippen LogP contribution in [0.3, 0.4) is 0 Å². The lowest BCUT2D eigenvalue weighted by molar-refractivity contribution is -0.136. The van der Waals surface area contributed by atoms with Crippen LogP contribution in [-0.2, 0) is 29.0 Å². The summed E-state index contributed by atoms with van der Waals surface area (Å²) in [4.78, 5) is 36.8. The van der Waals surface area contributed by atoms with Gasteiger partial charge in [-0.25, -0.2) is 14.4 Å². The highest BCUT2D eigenvalue weighted by molar-refractivity contribution is 5.86. The van der Waals surface area contributed by atoms with E-state index in [9.17, 15) is 14.4 Å². The number of alkyl carbamates (subject to hydrolysis) is 1. The molecule has 0 aliphatic heterocycles. The van der Waals surface area contributed by atoms with E-state index in [2.05, 4.69) is 5.32 Å². The molecule has 3 aromatic rings. The van der Waals surface area contributed by atoms with Gasteiger partial charge < -0.3 is 19.2 Å². The Balaban J connectivity index is 1.41. The topological polar surface area (TPSA) is 94.8 Å². The second-order valence-corrected chi connectivity index (χ2v) is 7.45. The summed E-state index contributed by atoms with van der Waals surface area (Å²) in [6.45, 7) is 1.86. The van der Waals surface area contributed by atoms with Crippen molar-refractivity contribution < 1.29 is 23.5 Å². The molecule has 1 N–H and O–H groups in total. The third kappa shape index (κ3) is 4.60. The molecular formula is C24H23NO6. The fraction of sp³-hybridized carbons (Fsp3) is 0.292. The molecule has 1 aromatic heterocycles. The molecule has 160 valence electrons. The van der Waals surface area contributed by atoms with Gasteiger partial charge in [0.25, 0.3) is 0 Å². The van der Waals surface area contributed by atoms with E-state index in [1.165, 1.54) is 6.07 Å². The monoisotopic (exact) mass is 421 g/mol. The molecule has 1 atom stereocenters. The van der Waals surface area contributed by atoms with Gasteiger partial charge >= 0.3 is 17.7 Å². The number of aryl methyl sites for hydroxylation is 1. The van der Waals surface area contributed by atoms with Crippen LogP contribution in [-0.4, -0.2) is 18.1 Å². The molecule has 4 rings (SSSR count). The summed E-state index contributed by atoms with van der Waals surface area (Å²) in [5, 5.41) is 3.39. The first kappa shape index (κ1) is 20.7. The Morgan fingerprint density at radius 1 is 1.10 bits per heavy atom. The minimum atomic E-state index is -0.869. The van der Waals surface area contributed by atoms with Gasteiger partial charge in [-0.3, -0.25) is 0 Å². The second-order valence-electron chi connectivity index (χ2n) is 7.45. The molecule has 7 nitrogen and oxygen atoms in total. The average Bonchev–Trinajstić information content (AvgIpc) is 3.27. The van der Waals surface area contributed by atoms with Gasteiger partial charge in [0.05, 0.1) is 0 Å². The van der Waals surface area contributed by atoms with Gasteiger partial charge in [-0.15, -0.1) is 0 Å². The number of hydrogen-bond acceptors (Lipinski definition) is 6. The van der Waals surface area contributed by atoms with Crippen molar-refractivity contribution in [1.29, 1.82) is 0 Å². The van der Waals surface area contributed by atoms with Crippen LogP contribution >= 0.6 is 0 Å². The predicted octanol–water partition coefficient (Wildman–Crippen LogP) is 3.89. The Morgan fingerprint density at radius 2 is 1.87 bits per heavy atom. The van der Waals surface area contributed by atoms with E-state index in [0.717, 1.165) is 41.3 Å². The lowest BCUT2D eigenvalue weighted by atomic mass is 10.1. The summed E-state index contributed by atoms with van der Waals surface area (Å²) in [6, 6.07) is 13.4. The van der Waals surface area contributed by atoms with Crippen molar-refractivity contribution in [1.82, 2.24) is 5.32 Å². The van der Waals surface area contributed by atoms with E-state index >= 15 is 0 Å². The summed E-state index contributed by atoms with van der Waals surface area (Å²) in [6.07, 6.45) is 2.13. The van der Waals surface area contributed by atoms with Crippen LogP contribution in [0, 0.1) is 0 Å². The summed E-state index contributed by atoms with van der Waals surface area (Å²) < 4.78 is 16.0. The summed E-state index contributed by atoms with van der Waals surface area (Å²) in [7, 11) is 0. The summed E-state index contributed by atoms with van der Waals surface area (Å²) in [5.41, 5.74) is 2.65. The SMILES string of the molecule is CC[C@@H](NC(=O)OCc1ccccc1)C(=O)Oc1ccc2c3c(c(=O)oc2c1)CCC3. The molecule has 1 aliphatic rings. The van der Waals surface area contributed by atoms with Crippen LogP contribution in [0.15, 0.2) is 57.7 Å². The zero-order valence-electron chi connectivity index (χ0n) is 17.2. The van der Waals surface area contributed by atoms with Crippen LogP contribution in [0.1, 0.15) is 36.5 Å². The second kappa shape index (κ2) is 9.04. The Kier molecular flexibility index (Phi) is 6.02. The molecule has 1 heterocycles. The molecular weight excluding hydrogens is 398 g/mol. The number of rotatable bonds is 6. The van der Waals surface area contributed by atoms with Gasteiger partial charge in [0, 0.05) is 17.0 Å². The summed E-state index contributed by atoms with van der Waals surface area (Å²) >= 11 is 0. The van der Waals surface area contributed by atoms with Gasteiger partial charge in [-0.1, -0.05) is 37.3 Å². The Labute approximate surface area is 179 Å². The maximum atomic E-state index is 12.6. The minimum Gasteiger partial charge on any atom is -0.445 e. The number of carbonyl (C=O) groups is 2. The highest BCUT2D eigenvalue weighted by atomic mass is 16.6. The van der Waals surface area contributed by atoms with Crippen molar-refractivity contribution in [2.45, 2.75) is 45.3 Å². The average molecular weight is 421 g/mol. The van der Waals surface area contributed by atoms with Crippen LogP contribution in [0.4, 0.5) is 4.79 Å².